The lowest BCUT2D eigenvalue weighted by Crippen LogP contribution is -2.11. The molecule has 3 rings (SSSR count). The predicted octanol–water partition coefficient (Wildman–Crippen LogP) is 4.72. The summed E-state index contributed by atoms with van der Waals surface area (Å²) in [6.07, 6.45) is 9.30. The smallest absolute Gasteiger partial charge is 0.160 e. The van der Waals surface area contributed by atoms with Gasteiger partial charge in [0, 0.05) is 12.2 Å². The Morgan fingerprint density at radius 1 is 1.21 bits per heavy atom. The first kappa shape index (κ1) is 13.2. The van der Waals surface area contributed by atoms with Gasteiger partial charge in [0.25, 0.3) is 0 Å². The number of pyridine rings is 1. The highest BCUT2D eigenvalue weighted by atomic mass is 35.5. The molecule has 0 radical (unpaired) electrons. The number of fused-ring (bicyclic) bond motifs is 1. The van der Waals surface area contributed by atoms with Crippen molar-refractivity contribution in [2.24, 2.45) is 0 Å². The summed E-state index contributed by atoms with van der Waals surface area (Å²) in [7, 11) is 0. The number of hydrogen-bond donors (Lipinski definition) is 0. The maximum absolute atomic E-state index is 6.06. The zero-order valence-corrected chi connectivity index (χ0v) is 12.3. The molecule has 2 heterocycles. The Labute approximate surface area is 122 Å². The van der Waals surface area contributed by atoms with Crippen LogP contribution >= 0.6 is 23.2 Å². The third kappa shape index (κ3) is 2.59. The van der Waals surface area contributed by atoms with Crippen molar-refractivity contribution in [3.8, 4) is 0 Å². The molecule has 2 aromatic heterocycles. The summed E-state index contributed by atoms with van der Waals surface area (Å²) >= 11 is 12.0. The lowest BCUT2D eigenvalue weighted by molar-refractivity contribution is 0.442. The van der Waals surface area contributed by atoms with E-state index < -0.39 is 0 Å². The van der Waals surface area contributed by atoms with Crippen LogP contribution in [0.5, 0.6) is 0 Å². The summed E-state index contributed by atoms with van der Waals surface area (Å²) in [4.78, 5) is 9.05. The third-order valence-electron chi connectivity index (χ3n) is 3.88. The van der Waals surface area contributed by atoms with Gasteiger partial charge >= 0.3 is 0 Å². The summed E-state index contributed by atoms with van der Waals surface area (Å²) in [5, 5.41) is 0.624. The van der Waals surface area contributed by atoms with Crippen molar-refractivity contribution in [1.29, 1.82) is 0 Å². The van der Waals surface area contributed by atoms with Gasteiger partial charge in [0.15, 0.2) is 5.65 Å². The Kier molecular flexibility index (Phi) is 3.94. The number of aromatic nitrogens is 3. The van der Waals surface area contributed by atoms with Crippen LogP contribution in [-0.2, 0) is 5.88 Å². The highest BCUT2D eigenvalue weighted by Gasteiger charge is 2.21. The first-order chi connectivity index (χ1) is 9.29. The molecule has 3 nitrogen and oxygen atoms in total. The molecule has 0 aromatic carbocycles. The van der Waals surface area contributed by atoms with Crippen LogP contribution in [0.15, 0.2) is 12.3 Å². The fraction of sp³-hybridized carbons (Fsp3) is 0.571. The zero-order valence-electron chi connectivity index (χ0n) is 10.8. The summed E-state index contributed by atoms with van der Waals surface area (Å²) in [5.41, 5.74) is 1.78. The van der Waals surface area contributed by atoms with Crippen LogP contribution in [0, 0.1) is 0 Å². The molecule has 0 aliphatic heterocycles. The van der Waals surface area contributed by atoms with E-state index in [9.17, 15) is 0 Å². The lowest BCUT2D eigenvalue weighted by atomic mass is 10.1. The van der Waals surface area contributed by atoms with Gasteiger partial charge in [0.05, 0.1) is 10.9 Å². The van der Waals surface area contributed by atoms with E-state index >= 15 is 0 Å². The second kappa shape index (κ2) is 5.68. The first-order valence-electron chi connectivity index (χ1n) is 6.88. The number of rotatable bonds is 2. The standard InChI is InChI=1S/C14H17Cl2N3/c15-8-13-18-12-7-10(16)9-17-14(12)19(13)11-5-3-1-2-4-6-11/h7,9,11H,1-6,8H2. The fourth-order valence-corrected chi connectivity index (χ4v) is 3.34. The van der Waals surface area contributed by atoms with E-state index in [0.717, 1.165) is 17.0 Å². The van der Waals surface area contributed by atoms with Gasteiger partial charge in [-0.15, -0.1) is 11.6 Å². The molecule has 5 heteroatoms. The Hall–Kier alpha value is -0.800. The molecule has 1 saturated carbocycles. The van der Waals surface area contributed by atoms with Crippen LogP contribution in [0.2, 0.25) is 5.02 Å². The topological polar surface area (TPSA) is 30.7 Å². The third-order valence-corrected chi connectivity index (χ3v) is 4.32. The second-order valence-electron chi connectivity index (χ2n) is 5.17. The van der Waals surface area contributed by atoms with Crippen molar-refractivity contribution >= 4 is 34.4 Å². The highest BCUT2D eigenvalue weighted by Crippen LogP contribution is 2.31. The van der Waals surface area contributed by atoms with Gasteiger partial charge in [-0.25, -0.2) is 9.97 Å². The number of halogens is 2. The van der Waals surface area contributed by atoms with E-state index in [0.29, 0.717) is 16.9 Å². The van der Waals surface area contributed by atoms with Gasteiger partial charge in [-0.3, -0.25) is 0 Å². The van der Waals surface area contributed by atoms with Gasteiger partial charge in [0.2, 0.25) is 0 Å². The minimum absolute atomic E-state index is 0.421. The second-order valence-corrected chi connectivity index (χ2v) is 5.88. The molecule has 0 amide bonds. The first-order valence-corrected chi connectivity index (χ1v) is 7.79. The minimum Gasteiger partial charge on any atom is -0.309 e. The van der Waals surface area contributed by atoms with Gasteiger partial charge in [0.1, 0.15) is 11.3 Å². The van der Waals surface area contributed by atoms with Gasteiger partial charge in [-0.05, 0) is 18.9 Å². The molecule has 19 heavy (non-hydrogen) atoms. The normalized spacial score (nSPS) is 17.8. The number of alkyl halides is 1. The average molecular weight is 298 g/mol. The van der Waals surface area contributed by atoms with Crippen molar-refractivity contribution in [3.05, 3.63) is 23.1 Å². The summed E-state index contributed by atoms with van der Waals surface area (Å²) < 4.78 is 2.24. The van der Waals surface area contributed by atoms with E-state index in [2.05, 4.69) is 14.5 Å². The van der Waals surface area contributed by atoms with Crippen LogP contribution < -0.4 is 0 Å². The van der Waals surface area contributed by atoms with Crippen molar-refractivity contribution in [2.75, 3.05) is 0 Å². The number of hydrogen-bond acceptors (Lipinski definition) is 2. The predicted molar refractivity (Wildman–Crippen MR) is 78.8 cm³/mol. The Morgan fingerprint density at radius 2 is 1.95 bits per heavy atom. The lowest BCUT2D eigenvalue weighted by Gasteiger charge is -2.18. The van der Waals surface area contributed by atoms with Crippen LogP contribution in [0.25, 0.3) is 11.2 Å². The molecule has 0 atom stereocenters. The monoisotopic (exact) mass is 297 g/mol. The van der Waals surface area contributed by atoms with E-state index in [4.69, 9.17) is 23.2 Å². The van der Waals surface area contributed by atoms with Gasteiger partial charge < -0.3 is 4.57 Å². The average Bonchev–Trinajstić information content (AvgIpc) is 2.60. The van der Waals surface area contributed by atoms with Crippen molar-refractivity contribution < 1.29 is 0 Å². The SMILES string of the molecule is ClCc1nc2cc(Cl)cnc2n1C1CCCCCC1. The van der Waals surface area contributed by atoms with Crippen LogP contribution in [0.3, 0.4) is 0 Å². The molecule has 1 aliphatic carbocycles. The maximum Gasteiger partial charge on any atom is 0.160 e. The van der Waals surface area contributed by atoms with Crippen molar-refractivity contribution in [1.82, 2.24) is 14.5 Å². The molecule has 0 unspecified atom stereocenters. The molecule has 102 valence electrons. The maximum atomic E-state index is 6.06. The van der Waals surface area contributed by atoms with Crippen molar-refractivity contribution in [3.63, 3.8) is 0 Å². The molecule has 0 N–H and O–H groups in total. The molecule has 0 bridgehead atoms. The van der Waals surface area contributed by atoms with Crippen LogP contribution in [-0.4, -0.2) is 14.5 Å². The molecule has 1 aliphatic rings. The number of imidazole rings is 1. The molecular formula is C14H17Cl2N3. The Bertz CT molecular complexity index is 571. The number of nitrogens with zero attached hydrogens (tertiary/aromatic N) is 3. The van der Waals surface area contributed by atoms with Crippen LogP contribution in [0.1, 0.15) is 50.4 Å². The molecule has 2 aromatic rings. The van der Waals surface area contributed by atoms with Gasteiger partial charge in [-0.1, -0.05) is 37.3 Å². The van der Waals surface area contributed by atoms with E-state index in [1.54, 1.807) is 6.20 Å². The molecule has 0 saturated heterocycles. The molecule has 1 fully saturated rings. The largest absolute Gasteiger partial charge is 0.309 e. The quantitative estimate of drug-likeness (QED) is 0.593. The Balaban J connectivity index is 2.09. The van der Waals surface area contributed by atoms with Gasteiger partial charge in [-0.2, -0.15) is 0 Å². The highest BCUT2D eigenvalue weighted by molar-refractivity contribution is 6.31. The summed E-state index contributed by atoms with van der Waals surface area (Å²) in [6, 6.07) is 2.35. The fourth-order valence-electron chi connectivity index (χ4n) is 3.00. The van der Waals surface area contributed by atoms with E-state index in [1.165, 1.54) is 38.5 Å². The van der Waals surface area contributed by atoms with Crippen molar-refractivity contribution in [2.45, 2.75) is 50.4 Å². The van der Waals surface area contributed by atoms with Crippen LogP contribution in [0.4, 0.5) is 0 Å². The molecular weight excluding hydrogens is 281 g/mol. The summed E-state index contributed by atoms with van der Waals surface area (Å²) in [5.74, 6) is 1.34. The van der Waals surface area contributed by atoms with E-state index in [-0.39, 0.29) is 0 Å². The molecule has 0 spiro atoms. The minimum atomic E-state index is 0.421. The summed E-state index contributed by atoms with van der Waals surface area (Å²) in [6.45, 7) is 0. The Morgan fingerprint density at radius 3 is 2.63 bits per heavy atom. The van der Waals surface area contributed by atoms with E-state index in [1.807, 2.05) is 6.07 Å². The zero-order chi connectivity index (χ0) is 13.2.